The number of carboxylic acid groups (broad SMARTS) is 1. The molecule has 0 fully saturated rings. The van der Waals surface area contributed by atoms with Crippen LogP contribution in [-0.4, -0.2) is 34.5 Å². The number of carbonyl (C=O) groups is 2. The second-order valence-electron chi connectivity index (χ2n) is 9.62. The summed E-state index contributed by atoms with van der Waals surface area (Å²) in [4.78, 5) is 26.6. The Morgan fingerprint density at radius 2 is 1.74 bits per heavy atom. The summed E-state index contributed by atoms with van der Waals surface area (Å²) in [6, 6.07) is 16.3. The van der Waals surface area contributed by atoms with Gasteiger partial charge in [0.1, 0.15) is 5.92 Å². The van der Waals surface area contributed by atoms with Gasteiger partial charge < -0.3 is 15.3 Å². The lowest BCUT2D eigenvalue weighted by Crippen LogP contribution is -2.45. The molecule has 2 aromatic rings. The number of allylic oxidation sites excluding steroid dienone is 2. The van der Waals surface area contributed by atoms with E-state index in [2.05, 4.69) is 30.4 Å². The van der Waals surface area contributed by atoms with E-state index in [1.54, 1.807) is 17.1 Å². The molecule has 1 aliphatic carbocycles. The minimum atomic E-state index is -0.876. The van der Waals surface area contributed by atoms with Gasteiger partial charge in [0.2, 0.25) is 5.91 Å². The second kappa shape index (κ2) is 12.4. The monoisotopic (exact) mass is 474 g/mol. The number of hydrogen-bond acceptors (Lipinski definition) is 3. The van der Waals surface area contributed by atoms with Crippen LogP contribution in [0.4, 0.5) is 5.69 Å². The predicted octanol–water partition coefficient (Wildman–Crippen LogP) is 6.67. The molecule has 5 nitrogen and oxygen atoms in total. The Morgan fingerprint density at radius 1 is 1.00 bits per heavy atom. The number of carbonyl (C=O) groups excluding carboxylic acids is 1. The minimum absolute atomic E-state index is 0.132. The molecule has 35 heavy (non-hydrogen) atoms. The first-order chi connectivity index (χ1) is 16.8. The van der Waals surface area contributed by atoms with E-state index in [9.17, 15) is 14.7 Å². The lowest BCUT2D eigenvalue weighted by molar-refractivity contribution is -0.141. The van der Waals surface area contributed by atoms with Crippen LogP contribution in [0.15, 0.2) is 72.8 Å². The number of anilines is 1. The van der Waals surface area contributed by atoms with E-state index in [-0.39, 0.29) is 5.91 Å². The van der Waals surface area contributed by atoms with Crippen molar-refractivity contribution in [1.29, 1.82) is 0 Å². The summed E-state index contributed by atoms with van der Waals surface area (Å²) in [6.45, 7) is 4.53. The van der Waals surface area contributed by atoms with Gasteiger partial charge in [-0.25, -0.2) is 0 Å². The normalized spacial score (nSPS) is 18.9. The third kappa shape index (κ3) is 7.08. The van der Waals surface area contributed by atoms with E-state index in [1.165, 1.54) is 19.3 Å². The van der Waals surface area contributed by atoms with Crippen LogP contribution in [0.5, 0.6) is 0 Å². The zero-order valence-electron chi connectivity index (χ0n) is 21.2. The van der Waals surface area contributed by atoms with Crippen molar-refractivity contribution in [1.82, 2.24) is 4.90 Å². The number of carboxylic acids is 1. The molecule has 0 aliphatic heterocycles. The van der Waals surface area contributed by atoms with E-state index in [0.29, 0.717) is 13.0 Å². The highest BCUT2D eigenvalue weighted by Gasteiger charge is 2.37. The SMILES string of the molecule is CCCCCCCC(=O)N(C)Cc1cc(-c2ccccc2)ccc1NC1(C)C=CC=CC1C(=O)O. The first kappa shape index (κ1) is 26.3. The van der Waals surface area contributed by atoms with Crippen molar-refractivity contribution in [3.8, 4) is 11.1 Å². The van der Waals surface area contributed by atoms with E-state index in [1.807, 2.05) is 56.5 Å². The van der Waals surface area contributed by atoms with E-state index in [4.69, 9.17) is 0 Å². The van der Waals surface area contributed by atoms with Crippen LogP contribution in [0.3, 0.4) is 0 Å². The average molecular weight is 475 g/mol. The van der Waals surface area contributed by atoms with Gasteiger partial charge in [-0.1, -0.05) is 93.3 Å². The Labute approximate surface area is 209 Å². The second-order valence-corrected chi connectivity index (χ2v) is 9.62. The summed E-state index contributed by atoms with van der Waals surface area (Å²) in [5, 5.41) is 13.3. The number of nitrogens with one attached hydrogen (secondary N) is 1. The highest BCUT2D eigenvalue weighted by Crippen LogP contribution is 2.33. The molecule has 1 amide bonds. The van der Waals surface area contributed by atoms with Crippen molar-refractivity contribution < 1.29 is 14.7 Å². The average Bonchev–Trinajstić information content (AvgIpc) is 2.85. The molecular formula is C30H38N2O3. The van der Waals surface area contributed by atoms with Gasteiger partial charge in [-0.15, -0.1) is 0 Å². The number of benzene rings is 2. The van der Waals surface area contributed by atoms with Gasteiger partial charge in [-0.05, 0) is 42.2 Å². The minimum Gasteiger partial charge on any atom is -0.481 e. The lowest BCUT2D eigenvalue weighted by Gasteiger charge is -2.35. The quantitative estimate of drug-likeness (QED) is 0.337. The Bertz CT molecular complexity index is 1060. The van der Waals surface area contributed by atoms with Gasteiger partial charge in [0.05, 0.1) is 5.54 Å². The lowest BCUT2D eigenvalue weighted by atomic mass is 9.81. The first-order valence-electron chi connectivity index (χ1n) is 12.6. The van der Waals surface area contributed by atoms with Gasteiger partial charge >= 0.3 is 5.97 Å². The number of aliphatic carboxylic acids is 1. The highest BCUT2D eigenvalue weighted by molar-refractivity contribution is 5.78. The van der Waals surface area contributed by atoms with Crippen LogP contribution in [0.25, 0.3) is 11.1 Å². The third-order valence-electron chi connectivity index (χ3n) is 6.71. The fourth-order valence-corrected chi connectivity index (χ4v) is 4.55. The zero-order valence-corrected chi connectivity index (χ0v) is 21.2. The Morgan fingerprint density at radius 3 is 2.46 bits per heavy atom. The molecule has 0 radical (unpaired) electrons. The summed E-state index contributed by atoms with van der Waals surface area (Å²) >= 11 is 0. The Kier molecular flexibility index (Phi) is 9.30. The third-order valence-corrected chi connectivity index (χ3v) is 6.71. The van der Waals surface area contributed by atoms with Gasteiger partial charge in [0.15, 0.2) is 0 Å². The number of amides is 1. The molecule has 2 atom stereocenters. The number of hydrogen-bond donors (Lipinski definition) is 2. The van der Waals surface area contributed by atoms with Crippen molar-refractivity contribution in [2.45, 2.75) is 64.5 Å². The smallest absolute Gasteiger partial charge is 0.313 e. The molecule has 0 spiro atoms. The van der Waals surface area contributed by atoms with Crippen LogP contribution in [0.1, 0.15) is 57.9 Å². The van der Waals surface area contributed by atoms with Gasteiger partial charge in [0, 0.05) is 25.7 Å². The van der Waals surface area contributed by atoms with Crippen molar-refractivity contribution >= 4 is 17.6 Å². The highest BCUT2D eigenvalue weighted by atomic mass is 16.4. The maximum absolute atomic E-state index is 12.8. The summed E-state index contributed by atoms with van der Waals surface area (Å²) in [5.74, 6) is -1.44. The molecule has 186 valence electrons. The Balaban J connectivity index is 1.84. The van der Waals surface area contributed by atoms with E-state index in [0.717, 1.165) is 35.2 Å². The van der Waals surface area contributed by atoms with Gasteiger partial charge in [-0.3, -0.25) is 9.59 Å². The van der Waals surface area contributed by atoms with Crippen LogP contribution in [0.2, 0.25) is 0 Å². The molecule has 0 aromatic heterocycles. The summed E-state index contributed by atoms with van der Waals surface area (Å²) in [7, 11) is 1.85. The summed E-state index contributed by atoms with van der Waals surface area (Å²) in [6.07, 6.45) is 13.4. The zero-order chi connectivity index (χ0) is 25.3. The first-order valence-corrected chi connectivity index (χ1v) is 12.6. The molecule has 0 bridgehead atoms. The molecule has 2 unspecified atom stereocenters. The van der Waals surface area contributed by atoms with Crippen molar-refractivity contribution in [3.05, 3.63) is 78.4 Å². The topological polar surface area (TPSA) is 69.6 Å². The maximum atomic E-state index is 12.8. The molecule has 0 saturated heterocycles. The molecular weight excluding hydrogens is 436 g/mol. The van der Waals surface area contributed by atoms with Gasteiger partial charge in [0.25, 0.3) is 0 Å². The Hall–Kier alpha value is -3.34. The number of rotatable bonds is 12. The van der Waals surface area contributed by atoms with Crippen LogP contribution < -0.4 is 5.32 Å². The number of nitrogens with zero attached hydrogens (tertiary/aromatic N) is 1. The summed E-state index contributed by atoms with van der Waals surface area (Å²) < 4.78 is 0. The predicted molar refractivity (Wildman–Crippen MR) is 143 cm³/mol. The van der Waals surface area contributed by atoms with E-state index < -0.39 is 17.4 Å². The standard InChI is InChI=1S/C30H38N2O3/c1-4-5-6-7-11-17-28(33)32(3)22-25-21-24(23-14-9-8-10-15-23)18-19-27(25)31-30(2)20-13-12-16-26(30)29(34)35/h8-10,12-16,18-21,26,31H,4-7,11,17,22H2,1-3H3,(H,34,35). The number of unbranched alkanes of at least 4 members (excludes halogenated alkanes) is 4. The summed E-state index contributed by atoms with van der Waals surface area (Å²) in [5.41, 5.74) is 3.17. The fourth-order valence-electron chi connectivity index (χ4n) is 4.55. The molecule has 2 N–H and O–H groups in total. The van der Waals surface area contributed by atoms with Crippen LogP contribution in [0, 0.1) is 5.92 Å². The molecule has 3 rings (SSSR count). The van der Waals surface area contributed by atoms with Crippen molar-refractivity contribution in [2.24, 2.45) is 5.92 Å². The van der Waals surface area contributed by atoms with Crippen LogP contribution in [-0.2, 0) is 16.1 Å². The van der Waals surface area contributed by atoms with Crippen molar-refractivity contribution in [3.63, 3.8) is 0 Å². The molecule has 2 aromatic carbocycles. The molecule has 0 saturated carbocycles. The largest absolute Gasteiger partial charge is 0.481 e. The van der Waals surface area contributed by atoms with Crippen LogP contribution >= 0.6 is 0 Å². The molecule has 5 heteroatoms. The fraction of sp³-hybridized carbons (Fsp3) is 0.400. The van der Waals surface area contributed by atoms with Gasteiger partial charge in [-0.2, -0.15) is 0 Å². The molecule has 1 aliphatic rings. The molecule has 0 heterocycles. The maximum Gasteiger partial charge on any atom is 0.313 e. The van der Waals surface area contributed by atoms with E-state index >= 15 is 0 Å². The van der Waals surface area contributed by atoms with Crippen molar-refractivity contribution in [2.75, 3.05) is 12.4 Å².